The first kappa shape index (κ1) is 19.6. The molecule has 2 fully saturated rings. The van der Waals surface area contributed by atoms with Gasteiger partial charge in [0.15, 0.2) is 0 Å². The van der Waals surface area contributed by atoms with Crippen molar-refractivity contribution in [2.45, 2.75) is 74.1 Å². The Labute approximate surface area is 160 Å². The molecular formula is C18H29N3O3S2. The van der Waals surface area contributed by atoms with Gasteiger partial charge in [0.05, 0.1) is 0 Å². The number of piperidine rings is 1. The fraction of sp³-hybridized carbons (Fsp3) is 0.722. The largest absolute Gasteiger partial charge is 0.338 e. The number of carbonyl (C=O) groups is 1. The number of nitrogens with one attached hydrogen (secondary N) is 2. The molecule has 1 aromatic heterocycles. The first-order valence-electron chi connectivity index (χ1n) is 9.67. The molecule has 0 radical (unpaired) electrons. The molecule has 0 spiro atoms. The van der Waals surface area contributed by atoms with E-state index in [-0.39, 0.29) is 18.1 Å². The van der Waals surface area contributed by atoms with Gasteiger partial charge in [0.25, 0.3) is 10.0 Å². The minimum Gasteiger partial charge on any atom is -0.338 e. The minimum atomic E-state index is -3.42. The van der Waals surface area contributed by atoms with E-state index in [1.807, 2.05) is 0 Å². The third-order valence-electron chi connectivity index (χ3n) is 5.33. The number of nitrogens with zero attached hydrogens (tertiary/aromatic N) is 1. The summed E-state index contributed by atoms with van der Waals surface area (Å²) in [5, 5.41) is 7.75. The zero-order valence-corrected chi connectivity index (χ0v) is 16.8. The fourth-order valence-corrected chi connectivity index (χ4v) is 6.78. The highest BCUT2D eigenvalue weighted by Crippen LogP contribution is 2.29. The summed E-state index contributed by atoms with van der Waals surface area (Å²) in [6.45, 7) is 1.07. The van der Waals surface area contributed by atoms with Gasteiger partial charge in [0.1, 0.15) is 4.21 Å². The summed E-state index contributed by atoms with van der Waals surface area (Å²) in [5.74, 6) is 0. The predicted molar refractivity (Wildman–Crippen MR) is 104 cm³/mol. The first-order chi connectivity index (χ1) is 12.6. The zero-order valence-electron chi connectivity index (χ0n) is 15.2. The van der Waals surface area contributed by atoms with E-state index in [4.69, 9.17) is 0 Å². The van der Waals surface area contributed by atoms with E-state index in [1.165, 1.54) is 30.6 Å². The summed E-state index contributed by atoms with van der Waals surface area (Å²) in [4.78, 5) is 12.1. The van der Waals surface area contributed by atoms with Gasteiger partial charge in [-0.25, -0.2) is 13.2 Å². The van der Waals surface area contributed by atoms with Gasteiger partial charge in [-0.1, -0.05) is 31.7 Å². The van der Waals surface area contributed by atoms with Crippen LogP contribution in [-0.2, 0) is 10.0 Å². The smallest absolute Gasteiger partial charge is 0.315 e. The van der Waals surface area contributed by atoms with E-state index in [9.17, 15) is 13.2 Å². The van der Waals surface area contributed by atoms with Crippen LogP contribution in [0.2, 0.25) is 0 Å². The van der Waals surface area contributed by atoms with Crippen LogP contribution >= 0.6 is 11.3 Å². The zero-order chi connectivity index (χ0) is 18.4. The molecule has 2 heterocycles. The Kier molecular flexibility index (Phi) is 6.94. The molecule has 2 amide bonds. The second-order valence-corrected chi connectivity index (χ2v) is 10.3. The monoisotopic (exact) mass is 399 g/mol. The maximum absolute atomic E-state index is 12.9. The Balaban J connectivity index is 1.50. The number of thiophene rings is 1. The Morgan fingerprint density at radius 3 is 2.65 bits per heavy atom. The maximum Gasteiger partial charge on any atom is 0.315 e. The molecule has 1 aliphatic heterocycles. The van der Waals surface area contributed by atoms with E-state index in [1.54, 1.807) is 21.8 Å². The van der Waals surface area contributed by atoms with Crippen LogP contribution in [0.5, 0.6) is 0 Å². The summed E-state index contributed by atoms with van der Waals surface area (Å²) in [6.07, 6.45) is 9.19. The van der Waals surface area contributed by atoms with Gasteiger partial charge in [-0.05, 0) is 43.6 Å². The number of sulfonamides is 1. The van der Waals surface area contributed by atoms with Gasteiger partial charge < -0.3 is 10.6 Å². The van der Waals surface area contributed by atoms with Crippen molar-refractivity contribution >= 4 is 27.4 Å². The van der Waals surface area contributed by atoms with Crippen LogP contribution in [-0.4, -0.2) is 43.9 Å². The van der Waals surface area contributed by atoms with Crippen molar-refractivity contribution in [2.75, 3.05) is 13.1 Å². The molecule has 1 unspecified atom stereocenters. The highest BCUT2D eigenvalue weighted by molar-refractivity contribution is 7.91. The van der Waals surface area contributed by atoms with Gasteiger partial charge in [0, 0.05) is 25.2 Å². The Morgan fingerprint density at radius 2 is 1.92 bits per heavy atom. The van der Waals surface area contributed by atoms with Crippen molar-refractivity contribution in [1.82, 2.24) is 14.9 Å². The lowest BCUT2D eigenvalue weighted by atomic mass is 9.96. The van der Waals surface area contributed by atoms with Crippen LogP contribution in [0.1, 0.15) is 57.8 Å². The van der Waals surface area contributed by atoms with E-state index >= 15 is 0 Å². The summed E-state index contributed by atoms with van der Waals surface area (Å²) in [7, 11) is -3.42. The lowest BCUT2D eigenvalue weighted by Crippen LogP contribution is -2.47. The molecule has 1 aliphatic carbocycles. The van der Waals surface area contributed by atoms with Gasteiger partial charge in [-0.2, -0.15) is 4.31 Å². The quantitative estimate of drug-likeness (QED) is 0.770. The molecule has 0 bridgehead atoms. The van der Waals surface area contributed by atoms with Crippen LogP contribution in [0.25, 0.3) is 0 Å². The summed E-state index contributed by atoms with van der Waals surface area (Å²) >= 11 is 1.26. The SMILES string of the molecule is O=C(NCCC1CCCCN1S(=O)(=O)c1cccs1)NC1CCCCC1. The third kappa shape index (κ3) is 4.98. The highest BCUT2D eigenvalue weighted by Gasteiger charge is 2.33. The van der Waals surface area contributed by atoms with Crippen molar-refractivity contribution in [2.24, 2.45) is 0 Å². The summed E-state index contributed by atoms with van der Waals surface area (Å²) in [6, 6.07) is 3.56. The maximum atomic E-state index is 12.9. The van der Waals surface area contributed by atoms with Gasteiger partial charge in [-0.3, -0.25) is 0 Å². The molecule has 6 nitrogen and oxygen atoms in total. The number of hydrogen-bond acceptors (Lipinski definition) is 4. The van der Waals surface area contributed by atoms with E-state index < -0.39 is 10.0 Å². The van der Waals surface area contributed by atoms with Crippen LogP contribution in [0.3, 0.4) is 0 Å². The Morgan fingerprint density at radius 1 is 1.15 bits per heavy atom. The molecule has 0 aromatic carbocycles. The topological polar surface area (TPSA) is 78.5 Å². The van der Waals surface area contributed by atoms with E-state index in [0.29, 0.717) is 23.7 Å². The molecular weight excluding hydrogens is 370 g/mol. The lowest BCUT2D eigenvalue weighted by molar-refractivity contribution is 0.224. The van der Waals surface area contributed by atoms with Crippen LogP contribution in [0.15, 0.2) is 21.7 Å². The Hall–Kier alpha value is -1.12. The number of hydrogen-bond donors (Lipinski definition) is 2. The average molecular weight is 400 g/mol. The summed E-state index contributed by atoms with van der Waals surface area (Å²) < 4.78 is 27.8. The Bertz CT molecular complexity index is 670. The number of carbonyl (C=O) groups excluding carboxylic acids is 1. The first-order valence-corrected chi connectivity index (χ1v) is 12.0. The van der Waals surface area contributed by atoms with Gasteiger partial charge in [0.2, 0.25) is 0 Å². The standard InChI is InChI=1S/C18H29N3O3S2/c22-18(20-15-7-2-1-3-8-15)19-12-11-16-9-4-5-13-21(16)26(23,24)17-10-6-14-25-17/h6,10,14-16H,1-5,7-9,11-13H2,(H2,19,20,22). The molecule has 2 aliphatic rings. The summed E-state index contributed by atoms with van der Waals surface area (Å²) in [5.41, 5.74) is 0. The lowest BCUT2D eigenvalue weighted by Gasteiger charge is -2.34. The normalized spacial score (nSPS) is 22.8. The third-order valence-corrected chi connectivity index (χ3v) is 8.66. The molecule has 3 rings (SSSR count). The van der Waals surface area contributed by atoms with Gasteiger partial charge in [-0.15, -0.1) is 11.3 Å². The van der Waals surface area contributed by atoms with Crippen LogP contribution in [0.4, 0.5) is 4.79 Å². The fourth-order valence-electron chi connectivity index (χ4n) is 3.94. The van der Waals surface area contributed by atoms with Gasteiger partial charge >= 0.3 is 6.03 Å². The second kappa shape index (κ2) is 9.19. The molecule has 1 aromatic rings. The van der Waals surface area contributed by atoms with Crippen molar-refractivity contribution in [3.63, 3.8) is 0 Å². The second-order valence-electron chi connectivity index (χ2n) is 7.22. The number of rotatable bonds is 6. The molecule has 146 valence electrons. The van der Waals surface area contributed by atoms with Crippen molar-refractivity contribution in [3.8, 4) is 0 Å². The minimum absolute atomic E-state index is 0.0363. The molecule has 2 N–H and O–H groups in total. The van der Waals surface area contributed by atoms with E-state index in [2.05, 4.69) is 10.6 Å². The van der Waals surface area contributed by atoms with Crippen molar-refractivity contribution < 1.29 is 13.2 Å². The molecule has 1 atom stereocenters. The van der Waals surface area contributed by atoms with Crippen LogP contribution < -0.4 is 10.6 Å². The van der Waals surface area contributed by atoms with Crippen LogP contribution in [0, 0.1) is 0 Å². The van der Waals surface area contributed by atoms with Crippen molar-refractivity contribution in [1.29, 1.82) is 0 Å². The molecule has 1 saturated carbocycles. The predicted octanol–water partition coefficient (Wildman–Crippen LogP) is 3.31. The molecule has 26 heavy (non-hydrogen) atoms. The average Bonchev–Trinajstić information content (AvgIpc) is 3.18. The van der Waals surface area contributed by atoms with E-state index in [0.717, 1.165) is 32.1 Å². The highest BCUT2D eigenvalue weighted by atomic mass is 32.2. The molecule has 8 heteroatoms. The number of amides is 2. The number of urea groups is 1. The molecule has 1 saturated heterocycles. The van der Waals surface area contributed by atoms with Crippen molar-refractivity contribution in [3.05, 3.63) is 17.5 Å².